The Bertz CT molecular complexity index is 628. The van der Waals surface area contributed by atoms with Gasteiger partial charge in [0.25, 0.3) is 0 Å². The summed E-state index contributed by atoms with van der Waals surface area (Å²) in [6.07, 6.45) is 5.74. The molecule has 1 aliphatic heterocycles. The fourth-order valence-electron chi connectivity index (χ4n) is 3.06. The minimum absolute atomic E-state index is 0.0861. The van der Waals surface area contributed by atoms with Crippen molar-refractivity contribution < 1.29 is 14.0 Å². The Hall–Kier alpha value is -2.55. The van der Waals surface area contributed by atoms with Gasteiger partial charge in [0.2, 0.25) is 17.7 Å². The fourth-order valence-corrected chi connectivity index (χ4v) is 3.06. The Kier molecular flexibility index (Phi) is 6.02. The molecule has 9 nitrogen and oxygen atoms in total. The van der Waals surface area contributed by atoms with E-state index in [4.69, 9.17) is 16.0 Å². The first kappa shape index (κ1) is 18.8. The molecule has 2 atom stereocenters. The zero-order valence-electron chi connectivity index (χ0n) is 14.8. The van der Waals surface area contributed by atoms with E-state index in [1.165, 1.54) is 23.7 Å². The van der Waals surface area contributed by atoms with Crippen LogP contribution in [0.25, 0.3) is 5.70 Å². The molecule has 25 heavy (non-hydrogen) atoms. The Morgan fingerprint density at radius 2 is 2.24 bits per heavy atom. The lowest BCUT2D eigenvalue weighted by molar-refractivity contribution is -0.143. The highest BCUT2D eigenvalue weighted by atomic mass is 16.3. The summed E-state index contributed by atoms with van der Waals surface area (Å²) in [5, 5.41) is 3.88. The van der Waals surface area contributed by atoms with E-state index in [9.17, 15) is 9.59 Å². The summed E-state index contributed by atoms with van der Waals surface area (Å²) in [6.45, 7) is 4.32. The molecule has 5 N–H and O–H groups in total. The third-order valence-electron chi connectivity index (χ3n) is 4.26. The van der Waals surface area contributed by atoms with E-state index in [0.29, 0.717) is 13.0 Å². The van der Waals surface area contributed by atoms with Crippen molar-refractivity contribution in [1.82, 2.24) is 20.2 Å². The average Bonchev–Trinajstić information content (AvgIpc) is 3.24. The third kappa shape index (κ3) is 4.11. The standard InChI is InChI=1S/C16H26N6O3/c1-10(2)13(22(18)9-11(17)15-20-6-8-25-15)16(24)21-7-4-5-12(21)14(23)19-3/h6,8-10,12-13H,4-5,7,17-18H2,1-3H3,(H,19,23)/b11-9-. The van der Waals surface area contributed by atoms with Crippen LogP contribution >= 0.6 is 0 Å². The summed E-state index contributed by atoms with van der Waals surface area (Å²) in [5.74, 6) is 5.90. The van der Waals surface area contributed by atoms with Gasteiger partial charge in [0.1, 0.15) is 24.0 Å². The van der Waals surface area contributed by atoms with Crippen LogP contribution in [0.5, 0.6) is 0 Å². The van der Waals surface area contributed by atoms with Gasteiger partial charge < -0.3 is 25.4 Å². The van der Waals surface area contributed by atoms with Crippen LogP contribution < -0.4 is 16.9 Å². The van der Waals surface area contributed by atoms with Crippen molar-refractivity contribution in [3.8, 4) is 0 Å². The molecule has 1 aliphatic rings. The summed E-state index contributed by atoms with van der Waals surface area (Å²) < 4.78 is 5.12. The van der Waals surface area contributed by atoms with Crippen LogP contribution in [-0.4, -0.2) is 52.4 Å². The number of likely N-dealkylation sites (N-methyl/N-ethyl adjacent to an activating group) is 1. The van der Waals surface area contributed by atoms with Crippen molar-refractivity contribution in [2.75, 3.05) is 13.6 Å². The first-order valence-electron chi connectivity index (χ1n) is 8.29. The van der Waals surface area contributed by atoms with Crippen molar-refractivity contribution in [3.63, 3.8) is 0 Å². The number of nitrogens with one attached hydrogen (secondary N) is 1. The van der Waals surface area contributed by atoms with Gasteiger partial charge in [-0.3, -0.25) is 9.59 Å². The van der Waals surface area contributed by atoms with Crippen LogP contribution in [0.15, 0.2) is 23.1 Å². The first-order valence-corrected chi connectivity index (χ1v) is 8.29. The third-order valence-corrected chi connectivity index (χ3v) is 4.26. The van der Waals surface area contributed by atoms with Crippen molar-refractivity contribution in [3.05, 3.63) is 24.6 Å². The maximum atomic E-state index is 13.0. The summed E-state index contributed by atoms with van der Waals surface area (Å²) in [5.41, 5.74) is 6.14. The quantitative estimate of drug-likeness (QED) is 0.481. The Morgan fingerprint density at radius 3 is 2.80 bits per heavy atom. The van der Waals surface area contributed by atoms with E-state index in [2.05, 4.69) is 10.3 Å². The molecular weight excluding hydrogens is 324 g/mol. The largest absolute Gasteiger partial charge is 0.443 e. The normalized spacial score (nSPS) is 19.2. The summed E-state index contributed by atoms with van der Waals surface area (Å²) in [4.78, 5) is 30.6. The second-order valence-electron chi connectivity index (χ2n) is 6.36. The maximum absolute atomic E-state index is 13.0. The van der Waals surface area contributed by atoms with E-state index in [0.717, 1.165) is 6.42 Å². The molecule has 0 spiro atoms. The molecule has 2 rings (SSSR count). The number of carbonyl (C=O) groups excluding carboxylic acids is 2. The topological polar surface area (TPSA) is 131 Å². The number of nitrogens with zero attached hydrogens (tertiary/aromatic N) is 3. The number of hydrogen-bond acceptors (Lipinski definition) is 7. The molecule has 9 heteroatoms. The van der Waals surface area contributed by atoms with Gasteiger partial charge >= 0.3 is 0 Å². The van der Waals surface area contributed by atoms with Gasteiger partial charge in [-0.2, -0.15) is 0 Å². The number of hydrazine groups is 1. The average molecular weight is 350 g/mol. The van der Waals surface area contributed by atoms with Gasteiger partial charge in [-0.1, -0.05) is 13.8 Å². The molecule has 0 radical (unpaired) electrons. The summed E-state index contributed by atoms with van der Waals surface area (Å²) in [6, 6.07) is -1.11. The minimum Gasteiger partial charge on any atom is -0.443 e. The van der Waals surface area contributed by atoms with Gasteiger partial charge in [0.05, 0.1) is 6.20 Å². The number of aromatic nitrogens is 1. The minimum atomic E-state index is -0.654. The van der Waals surface area contributed by atoms with Crippen LogP contribution in [0.2, 0.25) is 0 Å². The van der Waals surface area contributed by atoms with Crippen LogP contribution in [0.1, 0.15) is 32.6 Å². The fraction of sp³-hybridized carbons (Fsp3) is 0.562. The lowest BCUT2D eigenvalue weighted by atomic mass is 10.0. The van der Waals surface area contributed by atoms with Gasteiger partial charge in [0.15, 0.2) is 0 Å². The van der Waals surface area contributed by atoms with E-state index < -0.39 is 12.1 Å². The van der Waals surface area contributed by atoms with Crippen LogP contribution in [0.4, 0.5) is 0 Å². The lowest BCUT2D eigenvalue weighted by Gasteiger charge is -2.34. The highest BCUT2D eigenvalue weighted by molar-refractivity contribution is 5.90. The maximum Gasteiger partial charge on any atom is 0.247 e. The van der Waals surface area contributed by atoms with Gasteiger partial charge in [-0.25, -0.2) is 10.8 Å². The highest BCUT2D eigenvalue weighted by Crippen LogP contribution is 2.22. The Morgan fingerprint density at radius 1 is 1.52 bits per heavy atom. The Balaban J connectivity index is 2.20. The molecule has 1 saturated heterocycles. The van der Waals surface area contributed by atoms with Crippen molar-refractivity contribution in [2.24, 2.45) is 17.5 Å². The SMILES string of the molecule is CNC(=O)C1CCCN1C(=O)C(C(C)C)N(N)/C=C(\N)c1ncco1. The zero-order chi connectivity index (χ0) is 18.6. The summed E-state index contributed by atoms with van der Waals surface area (Å²) in [7, 11) is 1.57. The number of carbonyl (C=O) groups is 2. The molecule has 138 valence electrons. The van der Waals surface area contributed by atoms with Crippen LogP contribution in [0.3, 0.4) is 0 Å². The predicted octanol–water partition coefficient (Wildman–Crippen LogP) is -0.131. The van der Waals surface area contributed by atoms with E-state index in [-0.39, 0.29) is 29.3 Å². The molecule has 1 aromatic heterocycles. The molecule has 2 amide bonds. The molecule has 2 unspecified atom stereocenters. The molecule has 0 aromatic carbocycles. The lowest BCUT2D eigenvalue weighted by Crippen LogP contribution is -2.55. The first-order chi connectivity index (χ1) is 11.9. The van der Waals surface area contributed by atoms with E-state index in [1.54, 1.807) is 11.9 Å². The molecular formula is C16H26N6O3. The number of nitrogens with two attached hydrogens (primary N) is 2. The van der Waals surface area contributed by atoms with Gasteiger partial charge in [-0.15, -0.1) is 0 Å². The Labute approximate surface area is 147 Å². The number of amides is 2. The molecule has 2 heterocycles. The number of likely N-dealkylation sites (tertiary alicyclic amines) is 1. The smallest absolute Gasteiger partial charge is 0.247 e. The molecule has 0 saturated carbocycles. The van der Waals surface area contributed by atoms with Gasteiger partial charge in [0, 0.05) is 19.8 Å². The zero-order valence-corrected chi connectivity index (χ0v) is 14.8. The second-order valence-corrected chi connectivity index (χ2v) is 6.36. The summed E-state index contributed by atoms with van der Waals surface area (Å²) >= 11 is 0. The number of rotatable bonds is 6. The second kappa shape index (κ2) is 8.02. The van der Waals surface area contributed by atoms with Crippen molar-refractivity contribution >= 4 is 17.5 Å². The monoisotopic (exact) mass is 350 g/mol. The highest BCUT2D eigenvalue weighted by Gasteiger charge is 2.39. The van der Waals surface area contributed by atoms with Crippen LogP contribution in [-0.2, 0) is 9.59 Å². The van der Waals surface area contributed by atoms with Crippen LogP contribution in [0, 0.1) is 5.92 Å². The molecule has 0 aliphatic carbocycles. The van der Waals surface area contributed by atoms with Crippen molar-refractivity contribution in [1.29, 1.82) is 0 Å². The van der Waals surface area contributed by atoms with Crippen molar-refractivity contribution in [2.45, 2.75) is 38.8 Å². The van der Waals surface area contributed by atoms with E-state index in [1.807, 2.05) is 13.8 Å². The van der Waals surface area contributed by atoms with E-state index >= 15 is 0 Å². The molecule has 1 aromatic rings. The predicted molar refractivity (Wildman–Crippen MR) is 92.1 cm³/mol. The molecule has 1 fully saturated rings. The number of oxazole rings is 1. The van der Waals surface area contributed by atoms with Gasteiger partial charge in [-0.05, 0) is 18.8 Å². The number of hydrogen-bond donors (Lipinski definition) is 3. The molecule has 0 bridgehead atoms.